The highest BCUT2D eigenvalue weighted by atomic mass is 35.5. The molecule has 0 amide bonds. The van der Waals surface area contributed by atoms with Gasteiger partial charge in [0.1, 0.15) is 5.75 Å². The third-order valence-electron chi connectivity index (χ3n) is 3.30. The van der Waals surface area contributed by atoms with Crippen molar-refractivity contribution in [3.05, 3.63) is 29.3 Å². The van der Waals surface area contributed by atoms with Crippen molar-refractivity contribution < 1.29 is 9.47 Å². The molecule has 2 heterocycles. The minimum atomic E-state index is 0.230. The molecule has 1 atom stereocenters. The summed E-state index contributed by atoms with van der Waals surface area (Å²) in [4.78, 5) is 0. The van der Waals surface area contributed by atoms with Crippen LogP contribution in [0.4, 0.5) is 0 Å². The Morgan fingerprint density at radius 2 is 2.23 bits per heavy atom. The Bertz CT molecular complexity index is 587. The molecule has 0 saturated carbocycles. The summed E-state index contributed by atoms with van der Waals surface area (Å²) in [6.45, 7) is 2.14. The number of hydrogen-bond donors (Lipinski definition) is 0. The minimum Gasteiger partial charge on any atom is -0.493 e. The molecule has 1 saturated heterocycles. The molecular formula is C14H17ClN4O2S. The quantitative estimate of drug-likeness (QED) is 0.570. The van der Waals surface area contributed by atoms with Crippen molar-refractivity contribution in [1.29, 1.82) is 0 Å². The van der Waals surface area contributed by atoms with Crippen LogP contribution in [0.25, 0.3) is 0 Å². The van der Waals surface area contributed by atoms with E-state index in [1.807, 2.05) is 28.9 Å². The van der Waals surface area contributed by atoms with E-state index in [-0.39, 0.29) is 6.10 Å². The number of thioether (sulfide) groups is 1. The normalized spacial score (nSPS) is 17.8. The Morgan fingerprint density at radius 3 is 3.00 bits per heavy atom. The first kappa shape index (κ1) is 15.6. The summed E-state index contributed by atoms with van der Waals surface area (Å²) in [5.41, 5.74) is 0. The van der Waals surface area contributed by atoms with Crippen LogP contribution in [0.2, 0.25) is 5.02 Å². The number of halogens is 1. The molecule has 1 aromatic carbocycles. The van der Waals surface area contributed by atoms with E-state index >= 15 is 0 Å². The fourth-order valence-corrected chi connectivity index (χ4v) is 3.05. The van der Waals surface area contributed by atoms with E-state index in [0.717, 1.165) is 36.1 Å². The van der Waals surface area contributed by atoms with Gasteiger partial charge in [-0.1, -0.05) is 23.4 Å². The van der Waals surface area contributed by atoms with Crippen LogP contribution < -0.4 is 4.74 Å². The maximum absolute atomic E-state index is 5.83. The maximum Gasteiger partial charge on any atom is 0.209 e. The molecular weight excluding hydrogens is 324 g/mol. The van der Waals surface area contributed by atoms with Gasteiger partial charge >= 0.3 is 0 Å². The fraction of sp³-hybridized carbons (Fsp3) is 0.500. The van der Waals surface area contributed by atoms with Gasteiger partial charge in [0, 0.05) is 17.4 Å². The molecule has 8 heteroatoms. The molecule has 2 aromatic rings. The lowest BCUT2D eigenvalue weighted by atomic mass is 10.2. The zero-order valence-corrected chi connectivity index (χ0v) is 13.6. The van der Waals surface area contributed by atoms with E-state index in [9.17, 15) is 0 Å². The first-order chi connectivity index (χ1) is 10.8. The number of rotatable bonds is 7. The van der Waals surface area contributed by atoms with E-state index < -0.39 is 0 Å². The maximum atomic E-state index is 5.83. The highest BCUT2D eigenvalue weighted by molar-refractivity contribution is 7.99. The van der Waals surface area contributed by atoms with E-state index in [1.54, 1.807) is 11.8 Å². The van der Waals surface area contributed by atoms with Crippen LogP contribution in [0.5, 0.6) is 5.75 Å². The molecule has 3 rings (SSSR count). The van der Waals surface area contributed by atoms with Crippen molar-refractivity contribution in [2.24, 2.45) is 0 Å². The molecule has 1 fully saturated rings. The Morgan fingerprint density at radius 1 is 1.36 bits per heavy atom. The molecule has 0 bridgehead atoms. The molecule has 0 N–H and O–H groups in total. The number of ether oxygens (including phenoxy) is 2. The van der Waals surface area contributed by atoms with Gasteiger partial charge in [0.05, 0.1) is 19.3 Å². The summed E-state index contributed by atoms with van der Waals surface area (Å²) in [6, 6.07) is 7.33. The summed E-state index contributed by atoms with van der Waals surface area (Å²) < 4.78 is 13.1. The van der Waals surface area contributed by atoms with E-state index in [2.05, 4.69) is 15.5 Å². The van der Waals surface area contributed by atoms with Gasteiger partial charge in [-0.15, -0.1) is 5.10 Å². The standard InChI is InChI=1S/C14H17ClN4O2S/c15-11-3-5-12(6-4-11)21-8-9-22-14-16-17-18-19(14)10-13-2-1-7-20-13/h3-6,13H,1-2,7-10H2. The average molecular weight is 341 g/mol. The van der Waals surface area contributed by atoms with Crippen molar-refractivity contribution in [2.75, 3.05) is 19.0 Å². The first-order valence-corrected chi connectivity index (χ1v) is 8.56. The lowest BCUT2D eigenvalue weighted by molar-refractivity contribution is 0.0912. The monoisotopic (exact) mass is 340 g/mol. The van der Waals surface area contributed by atoms with Crippen LogP contribution in [0.15, 0.2) is 29.4 Å². The van der Waals surface area contributed by atoms with E-state index in [0.29, 0.717) is 18.2 Å². The van der Waals surface area contributed by atoms with Gasteiger partial charge in [0.25, 0.3) is 0 Å². The summed E-state index contributed by atoms with van der Waals surface area (Å²) in [5.74, 6) is 1.58. The van der Waals surface area contributed by atoms with Crippen molar-refractivity contribution in [1.82, 2.24) is 20.2 Å². The molecule has 1 aromatic heterocycles. The van der Waals surface area contributed by atoms with Crippen molar-refractivity contribution >= 4 is 23.4 Å². The van der Waals surface area contributed by atoms with Crippen LogP contribution in [0, 0.1) is 0 Å². The summed E-state index contributed by atoms with van der Waals surface area (Å²) in [7, 11) is 0. The van der Waals surface area contributed by atoms with Crippen molar-refractivity contribution in [3.8, 4) is 5.75 Å². The summed E-state index contributed by atoms with van der Waals surface area (Å²) in [6.07, 6.45) is 2.42. The molecule has 1 aliphatic rings. The largest absolute Gasteiger partial charge is 0.493 e. The average Bonchev–Trinajstić information content (AvgIpc) is 3.18. The number of tetrazole rings is 1. The second kappa shape index (κ2) is 7.80. The zero-order chi connectivity index (χ0) is 15.2. The molecule has 0 radical (unpaired) electrons. The molecule has 22 heavy (non-hydrogen) atoms. The number of benzene rings is 1. The Kier molecular flexibility index (Phi) is 5.53. The Balaban J connectivity index is 1.43. The van der Waals surface area contributed by atoms with Gasteiger partial charge in [0.2, 0.25) is 5.16 Å². The zero-order valence-electron chi connectivity index (χ0n) is 12.0. The van der Waals surface area contributed by atoms with E-state index in [1.165, 1.54) is 0 Å². The number of nitrogens with zero attached hydrogens (tertiary/aromatic N) is 4. The molecule has 0 aliphatic carbocycles. The Hall–Kier alpha value is -1.31. The molecule has 118 valence electrons. The van der Waals surface area contributed by atoms with E-state index in [4.69, 9.17) is 21.1 Å². The number of aromatic nitrogens is 4. The third-order valence-corrected chi connectivity index (χ3v) is 4.47. The van der Waals surface area contributed by atoms with Gasteiger partial charge in [-0.2, -0.15) is 0 Å². The van der Waals surface area contributed by atoms with Crippen molar-refractivity contribution in [2.45, 2.75) is 30.6 Å². The van der Waals surface area contributed by atoms with Gasteiger partial charge in [-0.25, -0.2) is 4.68 Å². The Labute approximate surface area is 138 Å². The predicted molar refractivity (Wildman–Crippen MR) is 84.5 cm³/mol. The number of hydrogen-bond acceptors (Lipinski definition) is 6. The SMILES string of the molecule is Clc1ccc(OCCSc2nnnn2CC2CCCO2)cc1. The molecule has 6 nitrogen and oxygen atoms in total. The highest BCUT2D eigenvalue weighted by Gasteiger charge is 2.18. The summed E-state index contributed by atoms with van der Waals surface area (Å²) in [5, 5.41) is 13.3. The minimum absolute atomic E-state index is 0.230. The first-order valence-electron chi connectivity index (χ1n) is 7.20. The lowest BCUT2D eigenvalue weighted by Crippen LogP contribution is -2.17. The molecule has 0 spiro atoms. The topological polar surface area (TPSA) is 62.1 Å². The van der Waals surface area contributed by atoms with Gasteiger partial charge in [0.15, 0.2) is 0 Å². The van der Waals surface area contributed by atoms with Crippen LogP contribution in [-0.2, 0) is 11.3 Å². The van der Waals surface area contributed by atoms with Crippen molar-refractivity contribution in [3.63, 3.8) is 0 Å². The third kappa shape index (κ3) is 4.34. The van der Waals surface area contributed by atoms with Crippen LogP contribution in [0.1, 0.15) is 12.8 Å². The lowest BCUT2D eigenvalue weighted by Gasteiger charge is -2.10. The van der Waals surface area contributed by atoms with Gasteiger partial charge < -0.3 is 9.47 Å². The predicted octanol–water partition coefficient (Wildman–Crippen LogP) is 2.68. The fourth-order valence-electron chi connectivity index (χ4n) is 2.22. The van der Waals surface area contributed by atoms with Gasteiger partial charge in [-0.3, -0.25) is 0 Å². The van der Waals surface area contributed by atoms with Gasteiger partial charge in [-0.05, 0) is 47.5 Å². The second-order valence-corrected chi connectivity index (χ2v) is 6.43. The highest BCUT2D eigenvalue weighted by Crippen LogP contribution is 2.19. The smallest absolute Gasteiger partial charge is 0.209 e. The second-order valence-electron chi connectivity index (χ2n) is 4.93. The van der Waals surface area contributed by atoms with Crippen LogP contribution in [-0.4, -0.2) is 45.3 Å². The van der Waals surface area contributed by atoms with Crippen LogP contribution >= 0.6 is 23.4 Å². The summed E-state index contributed by atoms with van der Waals surface area (Å²) >= 11 is 7.41. The molecule has 1 aliphatic heterocycles. The van der Waals surface area contributed by atoms with Crippen LogP contribution in [0.3, 0.4) is 0 Å². The molecule has 1 unspecified atom stereocenters.